The number of aliphatic hydroxyl groups is 2. The Kier molecular flexibility index (Phi) is 21.2. The molecule has 0 radical (unpaired) electrons. The summed E-state index contributed by atoms with van der Waals surface area (Å²) in [6.45, 7) is 4.34. The highest BCUT2D eigenvalue weighted by molar-refractivity contribution is 7.85. The van der Waals surface area contributed by atoms with Crippen LogP contribution in [-0.2, 0) is 14.9 Å². The number of nitrogens with one attached hydrogen (secondary N) is 1. The van der Waals surface area contributed by atoms with Gasteiger partial charge in [-0.25, -0.2) is 0 Å². The molecule has 7 nitrogen and oxygen atoms in total. The van der Waals surface area contributed by atoms with E-state index in [1.54, 1.807) is 6.08 Å². The number of aliphatic hydroxyl groups excluding tert-OH is 2. The number of rotatable bonds is 23. The van der Waals surface area contributed by atoms with E-state index in [1.807, 2.05) is 6.08 Å². The minimum Gasteiger partial charge on any atom is -0.391 e. The van der Waals surface area contributed by atoms with Crippen molar-refractivity contribution in [2.75, 3.05) is 5.75 Å². The number of allylic oxidation sites excluding steroid dienone is 3. The number of carbonyl (C=O) groups is 1. The normalized spacial score (nSPS) is 15.0. The smallest absolute Gasteiger partial charge is 0.266 e. The molecule has 3 atom stereocenters. The summed E-state index contributed by atoms with van der Waals surface area (Å²) in [6.07, 6.45) is 21.2. The maximum atomic E-state index is 12.3. The van der Waals surface area contributed by atoms with Gasteiger partial charge in [-0.05, 0) is 25.7 Å². The summed E-state index contributed by atoms with van der Waals surface area (Å²) in [7, 11) is -4.40. The average Bonchev–Trinajstić information content (AvgIpc) is 2.80. The fourth-order valence-corrected chi connectivity index (χ4v) is 4.61. The van der Waals surface area contributed by atoms with Gasteiger partial charge in [0.25, 0.3) is 10.1 Å². The monoisotopic (exact) mass is 517 g/mol. The molecule has 4 N–H and O–H groups in total. The molecule has 8 heteroatoms. The number of carbonyl (C=O) groups excluding carboxylic acids is 1. The Balaban J connectivity index is 4.35. The van der Waals surface area contributed by atoms with Crippen LogP contribution >= 0.6 is 0 Å². The van der Waals surface area contributed by atoms with Crippen LogP contribution in [0.25, 0.3) is 0 Å². The molecule has 0 fully saturated rings. The fraction of sp³-hybridized carbons (Fsp3) is 0.815. The van der Waals surface area contributed by atoms with Gasteiger partial charge in [-0.3, -0.25) is 9.35 Å². The highest BCUT2D eigenvalue weighted by Gasteiger charge is 2.28. The van der Waals surface area contributed by atoms with E-state index in [-0.39, 0.29) is 6.42 Å². The molecule has 0 spiro atoms. The zero-order valence-electron chi connectivity index (χ0n) is 22.0. The lowest BCUT2D eigenvalue weighted by Gasteiger charge is -2.24. The van der Waals surface area contributed by atoms with E-state index in [0.29, 0.717) is 19.3 Å². The molecule has 35 heavy (non-hydrogen) atoms. The van der Waals surface area contributed by atoms with Crippen LogP contribution in [0, 0.1) is 0 Å². The van der Waals surface area contributed by atoms with Crippen molar-refractivity contribution in [1.82, 2.24) is 5.32 Å². The van der Waals surface area contributed by atoms with Crippen molar-refractivity contribution in [3.8, 4) is 0 Å². The molecule has 0 saturated heterocycles. The first-order valence-corrected chi connectivity index (χ1v) is 15.2. The maximum Gasteiger partial charge on any atom is 0.266 e. The van der Waals surface area contributed by atoms with Crippen molar-refractivity contribution in [1.29, 1.82) is 0 Å². The van der Waals surface area contributed by atoms with Gasteiger partial charge in [0.15, 0.2) is 0 Å². The molecule has 0 aliphatic rings. The summed E-state index contributed by atoms with van der Waals surface area (Å²) >= 11 is 0. The van der Waals surface area contributed by atoms with Crippen molar-refractivity contribution in [3.05, 3.63) is 24.3 Å². The van der Waals surface area contributed by atoms with E-state index in [0.717, 1.165) is 38.5 Å². The Labute approximate surface area is 214 Å². The molecule has 0 bridgehead atoms. The third-order valence-corrected chi connectivity index (χ3v) is 6.81. The highest BCUT2D eigenvalue weighted by atomic mass is 32.2. The van der Waals surface area contributed by atoms with Crippen molar-refractivity contribution < 1.29 is 28.0 Å². The zero-order valence-corrected chi connectivity index (χ0v) is 22.9. The molecule has 0 rings (SSSR count). The van der Waals surface area contributed by atoms with Gasteiger partial charge in [0.2, 0.25) is 5.91 Å². The van der Waals surface area contributed by atoms with E-state index in [1.165, 1.54) is 38.5 Å². The van der Waals surface area contributed by atoms with Gasteiger partial charge in [-0.1, -0.05) is 109 Å². The quantitative estimate of drug-likeness (QED) is 0.0809. The van der Waals surface area contributed by atoms with Gasteiger partial charge in [0, 0.05) is 6.42 Å². The molecule has 3 unspecified atom stereocenters. The fourth-order valence-electron chi connectivity index (χ4n) is 3.85. The lowest BCUT2D eigenvalue weighted by molar-refractivity contribution is -0.130. The number of unbranched alkanes of at least 4 members (excludes halogenated alkanes) is 11. The Morgan fingerprint density at radius 2 is 1.34 bits per heavy atom. The first-order chi connectivity index (χ1) is 16.7. The minimum atomic E-state index is -4.40. The van der Waals surface area contributed by atoms with Gasteiger partial charge in [0.05, 0.1) is 17.9 Å². The van der Waals surface area contributed by atoms with Gasteiger partial charge >= 0.3 is 0 Å². The second kappa shape index (κ2) is 22.0. The SMILES string of the molecule is CCCCCCCC/C=C\C/C=C\CC(O)C(=O)NC(CS(=O)(=O)O)C(O)CCCCCCCC. The van der Waals surface area contributed by atoms with Crippen LogP contribution in [0.5, 0.6) is 0 Å². The van der Waals surface area contributed by atoms with E-state index in [2.05, 4.69) is 31.3 Å². The van der Waals surface area contributed by atoms with E-state index in [4.69, 9.17) is 0 Å². The molecule has 1 amide bonds. The average molecular weight is 518 g/mol. The summed E-state index contributed by atoms with van der Waals surface area (Å²) in [5, 5.41) is 22.9. The lowest BCUT2D eigenvalue weighted by Crippen LogP contribution is -2.50. The molecule has 0 heterocycles. The largest absolute Gasteiger partial charge is 0.391 e. The third-order valence-electron chi connectivity index (χ3n) is 6.03. The van der Waals surface area contributed by atoms with Crippen molar-refractivity contribution in [3.63, 3.8) is 0 Å². The van der Waals surface area contributed by atoms with E-state index >= 15 is 0 Å². The summed E-state index contributed by atoms with van der Waals surface area (Å²) < 4.78 is 31.9. The van der Waals surface area contributed by atoms with Crippen LogP contribution in [-0.4, -0.2) is 53.1 Å². The molecule has 0 aliphatic carbocycles. The molecular formula is C27H51NO6S. The van der Waals surface area contributed by atoms with Crippen LogP contribution in [0.15, 0.2) is 24.3 Å². The van der Waals surface area contributed by atoms with Crippen LogP contribution < -0.4 is 5.32 Å². The Morgan fingerprint density at radius 3 is 1.94 bits per heavy atom. The van der Waals surface area contributed by atoms with E-state index < -0.39 is 40.0 Å². The summed E-state index contributed by atoms with van der Waals surface area (Å²) in [4.78, 5) is 12.3. The van der Waals surface area contributed by atoms with Gasteiger partial charge in [0.1, 0.15) is 6.10 Å². The molecule has 0 aromatic heterocycles. The maximum absolute atomic E-state index is 12.3. The Morgan fingerprint density at radius 1 is 0.800 bits per heavy atom. The van der Waals surface area contributed by atoms with Gasteiger partial charge < -0.3 is 15.5 Å². The first-order valence-electron chi connectivity index (χ1n) is 13.6. The summed E-state index contributed by atoms with van der Waals surface area (Å²) in [5.41, 5.74) is 0. The molecular weight excluding hydrogens is 466 g/mol. The third kappa shape index (κ3) is 21.8. The van der Waals surface area contributed by atoms with Crippen LogP contribution in [0.3, 0.4) is 0 Å². The Hall–Kier alpha value is -1.22. The van der Waals surface area contributed by atoms with E-state index in [9.17, 15) is 28.0 Å². The molecule has 0 aromatic carbocycles. The summed E-state index contributed by atoms with van der Waals surface area (Å²) in [5.74, 6) is -1.55. The van der Waals surface area contributed by atoms with Crippen molar-refractivity contribution in [2.45, 2.75) is 135 Å². The second-order valence-electron chi connectivity index (χ2n) is 9.47. The second-order valence-corrected chi connectivity index (χ2v) is 11.0. The van der Waals surface area contributed by atoms with Gasteiger partial charge in [-0.15, -0.1) is 0 Å². The minimum absolute atomic E-state index is 0.0865. The first kappa shape index (κ1) is 33.8. The van der Waals surface area contributed by atoms with Crippen LogP contribution in [0.2, 0.25) is 0 Å². The molecule has 0 aliphatic heterocycles. The topological polar surface area (TPSA) is 124 Å². The Bertz CT molecular complexity index is 677. The summed E-state index contributed by atoms with van der Waals surface area (Å²) in [6, 6.07) is -1.17. The number of hydrogen-bond acceptors (Lipinski definition) is 5. The molecule has 0 aromatic rings. The predicted octanol–water partition coefficient (Wildman–Crippen LogP) is 5.47. The van der Waals surface area contributed by atoms with Crippen molar-refractivity contribution >= 4 is 16.0 Å². The van der Waals surface area contributed by atoms with Crippen LogP contribution in [0.1, 0.15) is 117 Å². The zero-order chi connectivity index (χ0) is 26.4. The standard InChI is InChI=1S/C27H51NO6S/c1-3-5-7-9-11-12-13-14-15-16-18-20-22-26(30)27(31)28-24(23-35(32,33)34)25(29)21-19-17-10-8-6-4-2/h14-15,18,20,24-26,29-30H,3-13,16-17,19,21-23H2,1-2H3,(H,28,31)(H,32,33,34)/b15-14-,20-18-. The van der Waals surface area contributed by atoms with Crippen molar-refractivity contribution in [2.24, 2.45) is 0 Å². The molecule has 206 valence electrons. The number of amides is 1. The lowest BCUT2D eigenvalue weighted by atomic mass is 10.0. The predicted molar refractivity (Wildman–Crippen MR) is 144 cm³/mol. The van der Waals surface area contributed by atoms with Crippen LogP contribution in [0.4, 0.5) is 0 Å². The highest BCUT2D eigenvalue weighted by Crippen LogP contribution is 2.12. The molecule has 0 saturated carbocycles. The van der Waals surface area contributed by atoms with Gasteiger partial charge in [-0.2, -0.15) is 8.42 Å². The number of hydrogen-bond donors (Lipinski definition) is 4.